The van der Waals surface area contributed by atoms with Crippen molar-refractivity contribution in [1.29, 1.82) is 0 Å². The standard InChI is InChI=1S/C19H20F2N2O2/c1-14(24)23(12-10-15-6-8-16(20)9-7-15)13-11-19(25)22-18-5-3-2-4-17(18)21/h2-9H,10-13H2,1H3,(H,22,25). The smallest absolute Gasteiger partial charge is 0.226 e. The normalized spacial score (nSPS) is 10.4. The highest BCUT2D eigenvalue weighted by atomic mass is 19.1. The number of anilines is 1. The van der Waals surface area contributed by atoms with Crippen LogP contribution in [0.1, 0.15) is 18.9 Å². The van der Waals surface area contributed by atoms with Crippen LogP contribution in [0.15, 0.2) is 48.5 Å². The maximum Gasteiger partial charge on any atom is 0.226 e. The molecule has 0 atom stereocenters. The van der Waals surface area contributed by atoms with Crippen LogP contribution in [-0.4, -0.2) is 29.8 Å². The Hall–Kier alpha value is -2.76. The average molecular weight is 346 g/mol. The van der Waals surface area contributed by atoms with Crippen LogP contribution in [0.25, 0.3) is 0 Å². The van der Waals surface area contributed by atoms with Crippen LogP contribution in [-0.2, 0) is 16.0 Å². The summed E-state index contributed by atoms with van der Waals surface area (Å²) < 4.78 is 26.4. The molecule has 0 aliphatic rings. The molecule has 2 amide bonds. The number of nitrogens with zero attached hydrogens (tertiary/aromatic N) is 1. The molecule has 0 aliphatic carbocycles. The molecule has 0 unspecified atom stereocenters. The highest BCUT2D eigenvalue weighted by molar-refractivity contribution is 5.91. The zero-order valence-electron chi connectivity index (χ0n) is 14.0. The first-order chi connectivity index (χ1) is 12.0. The fourth-order valence-corrected chi connectivity index (χ4v) is 2.35. The van der Waals surface area contributed by atoms with Crippen molar-refractivity contribution in [1.82, 2.24) is 4.90 Å². The molecule has 1 N–H and O–H groups in total. The van der Waals surface area contributed by atoms with Gasteiger partial charge in [-0.2, -0.15) is 0 Å². The van der Waals surface area contributed by atoms with E-state index in [-0.39, 0.29) is 36.3 Å². The second-order valence-corrected chi connectivity index (χ2v) is 5.66. The van der Waals surface area contributed by atoms with Crippen molar-refractivity contribution in [3.63, 3.8) is 0 Å². The number of hydrogen-bond acceptors (Lipinski definition) is 2. The van der Waals surface area contributed by atoms with E-state index in [2.05, 4.69) is 5.32 Å². The molecule has 0 aliphatic heterocycles. The summed E-state index contributed by atoms with van der Waals surface area (Å²) in [6.07, 6.45) is 0.631. The number of carbonyl (C=O) groups is 2. The fourth-order valence-electron chi connectivity index (χ4n) is 2.35. The Kier molecular flexibility index (Phi) is 6.62. The molecule has 0 saturated carbocycles. The minimum atomic E-state index is -0.504. The fraction of sp³-hybridized carbons (Fsp3) is 0.263. The molecular formula is C19H20F2N2O2. The molecule has 0 aromatic heterocycles. The Morgan fingerprint density at radius 3 is 2.32 bits per heavy atom. The summed E-state index contributed by atoms with van der Waals surface area (Å²) in [7, 11) is 0. The van der Waals surface area contributed by atoms with Crippen LogP contribution in [0.3, 0.4) is 0 Å². The van der Waals surface area contributed by atoms with Crippen LogP contribution in [0.5, 0.6) is 0 Å². The molecule has 6 heteroatoms. The number of carbonyl (C=O) groups excluding carboxylic acids is 2. The summed E-state index contributed by atoms with van der Waals surface area (Å²) in [5.74, 6) is -1.33. The van der Waals surface area contributed by atoms with Crippen molar-refractivity contribution in [3.05, 3.63) is 65.7 Å². The van der Waals surface area contributed by atoms with Crippen molar-refractivity contribution in [2.24, 2.45) is 0 Å². The lowest BCUT2D eigenvalue weighted by Gasteiger charge is -2.21. The molecule has 0 saturated heterocycles. The van der Waals surface area contributed by atoms with Crippen LogP contribution in [0.2, 0.25) is 0 Å². The molecule has 0 bridgehead atoms. The topological polar surface area (TPSA) is 49.4 Å². The molecule has 0 radical (unpaired) electrons. The van der Waals surface area contributed by atoms with E-state index in [1.165, 1.54) is 37.3 Å². The minimum Gasteiger partial charge on any atom is -0.342 e. The molecule has 0 heterocycles. The Bertz CT molecular complexity index is 732. The molecule has 0 fully saturated rings. The highest BCUT2D eigenvalue weighted by Crippen LogP contribution is 2.12. The molecule has 0 spiro atoms. The van der Waals surface area contributed by atoms with Gasteiger partial charge in [0.1, 0.15) is 11.6 Å². The van der Waals surface area contributed by atoms with E-state index in [0.717, 1.165) is 5.56 Å². The van der Waals surface area contributed by atoms with Crippen molar-refractivity contribution in [2.75, 3.05) is 18.4 Å². The maximum atomic E-state index is 13.5. The van der Waals surface area contributed by atoms with Gasteiger partial charge in [0, 0.05) is 26.4 Å². The molecule has 4 nitrogen and oxygen atoms in total. The largest absolute Gasteiger partial charge is 0.342 e. The second kappa shape index (κ2) is 8.92. The molecular weight excluding hydrogens is 326 g/mol. The van der Waals surface area contributed by atoms with Crippen molar-refractivity contribution < 1.29 is 18.4 Å². The number of amides is 2. The summed E-state index contributed by atoms with van der Waals surface area (Å²) >= 11 is 0. The lowest BCUT2D eigenvalue weighted by atomic mass is 10.1. The maximum absolute atomic E-state index is 13.5. The quantitative estimate of drug-likeness (QED) is 0.835. The predicted octanol–water partition coefficient (Wildman–Crippen LogP) is 3.38. The van der Waals surface area contributed by atoms with Gasteiger partial charge >= 0.3 is 0 Å². The first-order valence-corrected chi connectivity index (χ1v) is 8.00. The van der Waals surface area contributed by atoms with Gasteiger partial charge in [0.05, 0.1) is 5.69 Å². The Balaban J connectivity index is 1.84. The van der Waals surface area contributed by atoms with Gasteiger partial charge in [-0.05, 0) is 36.2 Å². The van der Waals surface area contributed by atoms with Crippen molar-refractivity contribution >= 4 is 17.5 Å². The lowest BCUT2D eigenvalue weighted by Crippen LogP contribution is -2.33. The highest BCUT2D eigenvalue weighted by Gasteiger charge is 2.12. The average Bonchev–Trinajstić information content (AvgIpc) is 2.58. The number of benzene rings is 2. The summed E-state index contributed by atoms with van der Waals surface area (Å²) in [6, 6.07) is 12.0. The number of nitrogens with one attached hydrogen (secondary N) is 1. The zero-order chi connectivity index (χ0) is 18.2. The monoisotopic (exact) mass is 346 g/mol. The van der Waals surface area contributed by atoms with E-state index in [0.29, 0.717) is 13.0 Å². The Morgan fingerprint density at radius 1 is 1.00 bits per heavy atom. The van der Waals surface area contributed by atoms with Crippen molar-refractivity contribution in [3.8, 4) is 0 Å². The van der Waals surface area contributed by atoms with Gasteiger partial charge < -0.3 is 10.2 Å². The van der Waals surface area contributed by atoms with E-state index in [4.69, 9.17) is 0 Å². The number of hydrogen-bond donors (Lipinski definition) is 1. The van der Waals surface area contributed by atoms with E-state index in [1.54, 1.807) is 23.1 Å². The molecule has 2 aromatic carbocycles. The van der Waals surface area contributed by atoms with Gasteiger partial charge in [0.25, 0.3) is 0 Å². The molecule has 2 rings (SSSR count). The SMILES string of the molecule is CC(=O)N(CCC(=O)Nc1ccccc1F)CCc1ccc(F)cc1. The summed E-state index contributed by atoms with van der Waals surface area (Å²) in [4.78, 5) is 25.2. The van der Waals surface area contributed by atoms with Crippen LogP contribution < -0.4 is 5.32 Å². The van der Waals surface area contributed by atoms with Crippen molar-refractivity contribution in [2.45, 2.75) is 19.8 Å². The number of para-hydroxylation sites is 1. The molecule has 2 aromatic rings. The first kappa shape index (κ1) is 18.6. The zero-order valence-corrected chi connectivity index (χ0v) is 14.0. The third kappa shape index (κ3) is 5.99. The van der Waals surface area contributed by atoms with Crippen LogP contribution >= 0.6 is 0 Å². The van der Waals surface area contributed by atoms with Gasteiger partial charge in [-0.3, -0.25) is 9.59 Å². The summed E-state index contributed by atoms with van der Waals surface area (Å²) in [5, 5.41) is 2.49. The summed E-state index contributed by atoms with van der Waals surface area (Å²) in [6.45, 7) is 2.09. The van der Waals surface area contributed by atoms with Crippen LogP contribution in [0.4, 0.5) is 14.5 Å². The number of halogens is 2. The van der Waals surface area contributed by atoms with E-state index >= 15 is 0 Å². The first-order valence-electron chi connectivity index (χ1n) is 8.00. The van der Waals surface area contributed by atoms with E-state index in [1.807, 2.05) is 0 Å². The van der Waals surface area contributed by atoms with E-state index in [9.17, 15) is 18.4 Å². The lowest BCUT2D eigenvalue weighted by molar-refractivity contribution is -0.129. The number of rotatable bonds is 7. The third-order valence-electron chi connectivity index (χ3n) is 3.79. The van der Waals surface area contributed by atoms with Gasteiger partial charge in [0.2, 0.25) is 11.8 Å². The Labute approximate surface area is 145 Å². The molecule has 132 valence electrons. The van der Waals surface area contributed by atoms with Gasteiger partial charge in [0.15, 0.2) is 0 Å². The predicted molar refractivity (Wildman–Crippen MR) is 92.0 cm³/mol. The summed E-state index contributed by atoms with van der Waals surface area (Å²) in [5.41, 5.74) is 1.02. The van der Waals surface area contributed by atoms with Gasteiger partial charge in [-0.25, -0.2) is 8.78 Å². The van der Waals surface area contributed by atoms with Crippen LogP contribution in [0, 0.1) is 11.6 Å². The van der Waals surface area contributed by atoms with Gasteiger partial charge in [-0.1, -0.05) is 24.3 Å². The Morgan fingerprint density at radius 2 is 1.68 bits per heavy atom. The third-order valence-corrected chi connectivity index (χ3v) is 3.79. The second-order valence-electron chi connectivity index (χ2n) is 5.66. The van der Waals surface area contributed by atoms with Gasteiger partial charge in [-0.15, -0.1) is 0 Å². The van der Waals surface area contributed by atoms with E-state index < -0.39 is 5.82 Å². The minimum absolute atomic E-state index is 0.0668. The molecule has 25 heavy (non-hydrogen) atoms.